The van der Waals surface area contributed by atoms with E-state index in [0.29, 0.717) is 33.9 Å². The Morgan fingerprint density at radius 3 is 2.30 bits per heavy atom. The van der Waals surface area contributed by atoms with E-state index in [1.54, 1.807) is 18.2 Å². The van der Waals surface area contributed by atoms with Gasteiger partial charge in [0.1, 0.15) is 5.82 Å². The molecular weight excluding hydrogens is 432 g/mol. The summed E-state index contributed by atoms with van der Waals surface area (Å²) in [6, 6.07) is 10.0. The third kappa shape index (κ3) is 4.52. The Labute approximate surface area is 172 Å². The van der Waals surface area contributed by atoms with Crippen molar-refractivity contribution < 1.29 is 12.8 Å². The minimum atomic E-state index is -3.66. The molecule has 144 valence electrons. The maximum Gasteiger partial charge on any atom is 0.243 e. The molecule has 1 N–H and O–H groups in total. The van der Waals surface area contributed by atoms with Gasteiger partial charge in [-0.1, -0.05) is 29.3 Å². The maximum absolute atomic E-state index is 13.0. The number of nitrogens with zero attached hydrogens (tertiary/aromatic N) is 2. The molecule has 0 bridgehead atoms. The van der Waals surface area contributed by atoms with Gasteiger partial charge in [-0.05, 0) is 48.6 Å². The van der Waals surface area contributed by atoms with Crippen LogP contribution in [0, 0.1) is 5.82 Å². The summed E-state index contributed by atoms with van der Waals surface area (Å²) >= 11 is 17.5. The molecule has 27 heavy (non-hydrogen) atoms. The molecule has 1 heterocycles. The zero-order valence-corrected chi connectivity index (χ0v) is 17.2. The minimum Gasteiger partial charge on any atom is -0.346 e. The zero-order chi connectivity index (χ0) is 19.6. The van der Waals surface area contributed by atoms with Crippen molar-refractivity contribution >= 4 is 56.2 Å². The van der Waals surface area contributed by atoms with Gasteiger partial charge in [0.05, 0.1) is 20.6 Å². The van der Waals surface area contributed by atoms with Crippen LogP contribution < -0.4 is 5.32 Å². The number of sulfonamides is 1. The Balaban J connectivity index is 1.63. The average Bonchev–Trinajstić information content (AvgIpc) is 2.66. The largest absolute Gasteiger partial charge is 0.346 e. The number of anilines is 1. The lowest BCUT2D eigenvalue weighted by atomic mass is 10.3. The molecule has 0 spiro atoms. The monoisotopic (exact) mass is 447 g/mol. The first-order valence-electron chi connectivity index (χ1n) is 8.05. The second-order valence-corrected chi connectivity index (χ2v) is 8.99. The van der Waals surface area contributed by atoms with Gasteiger partial charge in [0.25, 0.3) is 0 Å². The molecule has 0 aromatic heterocycles. The van der Waals surface area contributed by atoms with Crippen LogP contribution in [0.1, 0.15) is 0 Å². The molecule has 3 rings (SSSR count). The molecular formula is C17H16Cl2FN3O2S2. The van der Waals surface area contributed by atoms with Crippen molar-refractivity contribution in [3.63, 3.8) is 0 Å². The van der Waals surface area contributed by atoms with E-state index < -0.39 is 15.8 Å². The minimum absolute atomic E-state index is 0.0729. The fourth-order valence-electron chi connectivity index (χ4n) is 2.68. The Kier molecular flexibility index (Phi) is 6.22. The summed E-state index contributed by atoms with van der Waals surface area (Å²) in [6.07, 6.45) is 0. The van der Waals surface area contributed by atoms with Gasteiger partial charge in [0.15, 0.2) is 5.11 Å². The van der Waals surface area contributed by atoms with Crippen molar-refractivity contribution in [3.8, 4) is 0 Å². The number of nitrogens with one attached hydrogen (secondary N) is 1. The summed E-state index contributed by atoms with van der Waals surface area (Å²) in [5, 5.41) is 4.28. The fourth-order valence-corrected chi connectivity index (χ4v) is 4.74. The van der Waals surface area contributed by atoms with Gasteiger partial charge in [0.2, 0.25) is 10.0 Å². The lowest BCUT2D eigenvalue weighted by Crippen LogP contribution is -2.51. The average molecular weight is 448 g/mol. The molecule has 0 amide bonds. The van der Waals surface area contributed by atoms with Crippen LogP contribution in [0.25, 0.3) is 0 Å². The lowest BCUT2D eigenvalue weighted by Gasteiger charge is -2.35. The number of thiocarbonyl (C=S) groups is 1. The molecule has 0 aliphatic carbocycles. The van der Waals surface area contributed by atoms with E-state index in [0.717, 1.165) is 12.1 Å². The van der Waals surface area contributed by atoms with Crippen molar-refractivity contribution in [1.82, 2.24) is 9.21 Å². The van der Waals surface area contributed by atoms with Crippen molar-refractivity contribution in [3.05, 3.63) is 58.3 Å². The van der Waals surface area contributed by atoms with Gasteiger partial charge in [-0.15, -0.1) is 0 Å². The van der Waals surface area contributed by atoms with Gasteiger partial charge < -0.3 is 10.2 Å². The van der Waals surface area contributed by atoms with Crippen molar-refractivity contribution in [2.24, 2.45) is 0 Å². The molecule has 0 atom stereocenters. The van der Waals surface area contributed by atoms with Crippen LogP contribution in [-0.4, -0.2) is 48.9 Å². The van der Waals surface area contributed by atoms with Crippen LogP contribution >= 0.6 is 35.4 Å². The summed E-state index contributed by atoms with van der Waals surface area (Å²) in [5.41, 5.74) is 0.593. The first kappa shape index (κ1) is 20.3. The SMILES string of the molecule is O=S(=O)(c1ccc(F)cc1)N1CCN(C(=S)Nc2cccc(Cl)c2Cl)CC1. The van der Waals surface area contributed by atoms with Crippen LogP contribution in [-0.2, 0) is 10.0 Å². The summed E-state index contributed by atoms with van der Waals surface area (Å²) in [5.74, 6) is -0.477. The van der Waals surface area contributed by atoms with Crippen molar-refractivity contribution in [2.75, 3.05) is 31.5 Å². The predicted molar refractivity (Wildman–Crippen MR) is 109 cm³/mol. The van der Waals surface area contributed by atoms with Crippen LogP contribution in [0.15, 0.2) is 47.4 Å². The van der Waals surface area contributed by atoms with Gasteiger partial charge in [-0.3, -0.25) is 0 Å². The molecule has 2 aromatic carbocycles. The topological polar surface area (TPSA) is 52.7 Å². The maximum atomic E-state index is 13.0. The quantitative estimate of drug-likeness (QED) is 0.724. The van der Waals surface area contributed by atoms with Crippen LogP contribution in [0.2, 0.25) is 10.0 Å². The highest BCUT2D eigenvalue weighted by atomic mass is 35.5. The van der Waals surface area contributed by atoms with Gasteiger partial charge >= 0.3 is 0 Å². The van der Waals surface area contributed by atoms with E-state index in [2.05, 4.69) is 5.32 Å². The fraction of sp³-hybridized carbons (Fsp3) is 0.235. The molecule has 1 saturated heterocycles. The number of benzene rings is 2. The van der Waals surface area contributed by atoms with E-state index >= 15 is 0 Å². The lowest BCUT2D eigenvalue weighted by molar-refractivity contribution is 0.268. The second-order valence-electron chi connectivity index (χ2n) is 5.88. The third-order valence-electron chi connectivity index (χ3n) is 4.17. The van der Waals surface area contributed by atoms with Gasteiger partial charge in [-0.25, -0.2) is 12.8 Å². The summed E-state index contributed by atoms with van der Waals surface area (Å²) in [4.78, 5) is 1.94. The Bertz CT molecular complexity index is 947. The van der Waals surface area contributed by atoms with E-state index in [9.17, 15) is 12.8 Å². The number of rotatable bonds is 3. The Morgan fingerprint density at radius 1 is 1.04 bits per heavy atom. The normalized spacial score (nSPS) is 15.6. The van der Waals surface area contributed by atoms with Gasteiger partial charge in [-0.2, -0.15) is 4.31 Å². The highest BCUT2D eigenvalue weighted by Gasteiger charge is 2.29. The predicted octanol–water partition coefficient (Wildman–Crippen LogP) is 3.84. The molecule has 2 aromatic rings. The van der Waals surface area contributed by atoms with E-state index in [4.69, 9.17) is 35.4 Å². The second kappa shape index (κ2) is 8.28. The zero-order valence-electron chi connectivity index (χ0n) is 14.0. The number of piperazine rings is 1. The summed E-state index contributed by atoms with van der Waals surface area (Å²) in [7, 11) is -3.66. The van der Waals surface area contributed by atoms with Crippen LogP contribution in [0.3, 0.4) is 0 Å². The van der Waals surface area contributed by atoms with E-state index in [1.165, 1.54) is 16.4 Å². The Hall–Kier alpha value is -1.45. The molecule has 1 fully saturated rings. The molecule has 0 unspecified atom stereocenters. The number of hydrogen-bond donors (Lipinski definition) is 1. The first-order chi connectivity index (χ1) is 12.8. The Morgan fingerprint density at radius 2 is 1.67 bits per heavy atom. The molecule has 5 nitrogen and oxygen atoms in total. The third-order valence-corrected chi connectivity index (χ3v) is 7.26. The van der Waals surface area contributed by atoms with Gasteiger partial charge in [0, 0.05) is 26.2 Å². The summed E-state index contributed by atoms with van der Waals surface area (Å²) in [6.45, 7) is 1.38. The highest BCUT2D eigenvalue weighted by Crippen LogP contribution is 2.30. The molecule has 10 heteroatoms. The van der Waals surface area contributed by atoms with Crippen LogP contribution in [0.4, 0.5) is 10.1 Å². The number of halogens is 3. The van der Waals surface area contributed by atoms with Crippen molar-refractivity contribution in [1.29, 1.82) is 0 Å². The number of hydrogen-bond acceptors (Lipinski definition) is 3. The van der Waals surface area contributed by atoms with E-state index in [-0.39, 0.29) is 18.0 Å². The molecule has 0 radical (unpaired) electrons. The molecule has 1 aliphatic heterocycles. The first-order valence-corrected chi connectivity index (χ1v) is 10.6. The summed E-state index contributed by atoms with van der Waals surface area (Å²) < 4.78 is 39.7. The smallest absolute Gasteiger partial charge is 0.243 e. The van der Waals surface area contributed by atoms with Crippen molar-refractivity contribution in [2.45, 2.75) is 4.90 Å². The highest BCUT2D eigenvalue weighted by molar-refractivity contribution is 7.89. The van der Waals surface area contributed by atoms with E-state index in [1.807, 2.05) is 4.90 Å². The van der Waals surface area contributed by atoms with Crippen LogP contribution in [0.5, 0.6) is 0 Å². The standard InChI is InChI=1S/C17H16Cl2FN3O2S2/c18-14-2-1-3-15(16(14)19)21-17(26)22-8-10-23(11-9-22)27(24,25)13-6-4-12(20)5-7-13/h1-7H,8-11H2,(H,21,26). The molecule has 1 aliphatic rings. The molecule has 0 saturated carbocycles.